The van der Waals surface area contributed by atoms with Crippen LogP contribution in [0.3, 0.4) is 0 Å². The minimum atomic E-state index is 0.311. The van der Waals surface area contributed by atoms with Gasteiger partial charge in [0.15, 0.2) is 0 Å². The lowest BCUT2D eigenvalue weighted by Crippen LogP contribution is -2.37. The predicted octanol–water partition coefficient (Wildman–Crippen LogP) is 2.86. The lowest BCUT2D eigenvalue weighted by atomic mass is 10.1. The second-order valence-electron chi connectivity index (χ2n) is 5.31. The molecule has 0 radical (unpaired) electrons. The highest BCUT2D eigenvalue weighted by molar-refractivity contribution is 7.12. The number of hydrogen-bond acceptors (Lipinski definition) is 3. The smallest absolute Gasteiger partial charge is 0.223 e. The van der Waals surface area contributed by atoms with Gasteiger partial charge in [0, 0.05) is 42.4 Å². The number of nitrogens with zero attached hydrogens (tertiary/aromatic N) is 1. The molecule has 1 aliphatic rings. The summed E-state index contributed by atoms with van der Waals surface area (Å²) in [7, 11) is 0. The minimum Gasteiger partial charge on any atom is -0.343 e. The quantitative estimate of drug-likeness (QED) is 0.841. The average molecular weight is 280 g/mol. The SMILES string of the molecule is Cc1cc(CNCCC(=O)N2CCCCC2)c(C)s1. The van der Waals surface area contributed by atoms with Gasteiger partial charge in [-0.3, -0.25) is 4.79 Å². The van der Waals surface area contributed by atoms with Crippen LogP contribution >= 0.6 is 11.3 Å². The molecule has 1 saturated heterocycles. The molecule has 0 aliphatic carbocycles. The minimum absolute atomic E-state index is 0.311. The van der Waals surface area contributed by atoms with E-state index in [0.29, 0.717) is 12.3 Å². The highest BCUT2D eigenvalue weighted by Gasteiger charge is 2.15. The number of carbonyl (C=O) groups is 1. The van der Waals surface area contributed by atoms with Gasteiger partial charge in [-0.05, 0) is 44.7 Å². The van der Waals surface area contributed by atoms with E-state index < -0.39 is 0 Å². The Balaban J connectivity index is 1.66. The van der Waals surface area contributed by atoms with E-state index in [-0.39, 0.29) is 0 Å². The van der Waals surface area contributed by atoms with E-state index in [4.69, 9.17) is 0 Å². The van der Waals surface area contributed by atoms with Crippen molar-refractivity contribution in [2.45, 2.75) is 46.1 Å². The van der Waals surface area contributed by atoms with E-state index in [0.717, 1.165) is 26.2 Å². The van der Waals surface area contributed by atoms with Gasteiger partial charge in [0.1, 0.15) is 0 Å². The van der Waals surface area contributed by atoms with Crippen LogP contribution in [-0.2, 0) is 11.3 Å². The van der Waals surface area contributed by atoms with Gasteiger partial charge in [-0.1, -0.05) is 0 Å². The standard InChI is InChI=1S/C15H24N2OS/c1-12-10-14(13(2)19-12)11-16-7-6-15(18)17-8-4-3-5-9-17/h10,16H,3-9,11H2,1-2H3. The summed E-state index contributed by atoms with van der Waals surface area (Å²) in [5.41, 5.74) is 1.37. The molecule has 1 aromatic rings. The first-order valence-corrected chi connectivity index (χ1v) is 8.03. The van der Waals surface area contributed by atoms with E-state index in [1.165, 1.54) is 34.6 Å². The zero-order valence-corrected chi connectivity index (χ0v) is 12.8. The van der Waals surface area contributed by atoms with Crippen LogP contribution in [0, 0.1) is 13.8 Å². The summed E-state index contributed by atoms with van der Waals surface area (Å²) in [5, 5.41) is 3.39. The molecule has 0 atom stereocenters. The molecular formula is C15H24N2OS. The number of amides is 1. The van der Waals surface area contributed by atoms with Crippen LogP contribution in [0.5, 0.6) is 0 Å². The monoisotopic (exact) mass is 280 g/mol. The Kier molecular flexibility index (Phi) is 5.40. The maximum absolute atomic E-state index is 12.0. The zero-order valence-electron chi connectivity index (χ0n) is 12.0. The van der Waals surface area contributed by atoms with Gasteiger partial charge in [0.2, 0.25) is 5.91 Å². The highest BCUT2D eigenvalue weighted by atomic mass is 32.1. The Morgan fingerprint density at radius 2 is 2.05 bits per heavy atom. The number of nitrogens with one attached hydrogen (secondary N) is 1. The second kappa shape index (κ2) is 7.06. The molecule has 3 nitrogen and oxygen atoms in total. The molecule has 0 aromatic carbocycles. The summed E-state index contributed by atoms with van der Waals surface area (Å²) in [4.78, 5) is 16.7. The van der Waals surface area contributed by atoms with Crippen molar-refractivity contribution in [3.05, 3.63) is 21.4 Å². The molecule has 0 unspecified atom stereocenters. The van der Waals surface area contributed by atoms with Crippen molar-refractivity contribution < 1.29 is 4.79 Å². The average Bonchev–Trinajstić information content (AvgIpc) is 2.74. The molecule has 1 amide bonds. The van der Waals surface area contributed by atoms with Crippen molar-refractivity contribution in [3.8, 4) is 0 Å². The third-order valence-corrected chi connectivity index (χ3v) is 4.69. The topological polar surface area (TPSA) is 32.3 Å². The summed E-state index contributed by atoms with van der Waals surface area (Å²) in [6.07, 6.45) is 4.25. The number of piperidine rings is 1. The van der Waals surface area contributed by atoms with Gasteiger partial charge in [-0.2, -0.15) is 0 Å². The lowest BCUT2D eigenvalue weighted by Gasteiger charge is -2.26. The van der Waals surface area contributed by atoms with Crippen LogP contribution in [0.4, 0.5) is 0 Å². The molecule has 2 rings (SSSR count). The maximum atomic E-state index is 12.0. The van der Waals surface area contributed by atoms with Crippen molar-refractivity contribution in [2.75, 3.05) is 19.6 Å². The zero-order chi connectivity index (χ0) is 13.7. The van der Waals surface area contributed by atoms with E-state index >= 15 is 0 Å². The number of aryl methyl sites for hydroxylation is 2. The molecule has 0 bridgehead atoms. The third kappa shape index (κ3) is 4.32. The molecule has 0 spiro atoms. The fourth-order valence-corrected chi connectivity index (χ4v) is 3.53. The number of carbonyl (C=O) groups excluding carboxylic acids is 1. The van der Waals surface area contributed by atoms with Crippen molar-refractivity contribution in [3.63, 3.8) is 0 Å². The Morgan fingerprint density at radius 1 is 1.32 bits per heavy atom. The van der Waals surface area contributed by atoms with Gasteiger partial charge in [0.25, 0.3) is 0 Å². The van der Waals surface area contributed by atoms with Crippen LogP contribution in [0.15, 0.2) is 6.07 Å². The number of thiophene rings is 1. The van der Waals surface area contributed by atoms with Crippen molar-refractivity contribution in [1.29, 1.82) is 0 Å². The fraction of sp³-hybridized carbons (Fsp3) is 0.667. The van der Waals surface area contributed by atoms with Gasteiger partial charge in [0.05, 0.1) is 0 Å². The van der Waals surface area contributed by atoms with Gasteiger partial charge in [-0.25, -0.2) is 0 Å². The number of rotatable bonds is 5. The molecule has 1 N–H and O–H groups in total. The Labute approximate surface area is 120 Å². The number of hydrogen-bond donors (Lipinski definition) is 1. The fourth-order valence-electron chi connectivity index (χ4n) is 2.58. The number of likely N-dealkylation sites (tertiary alicyclic amines) is 1. The Morgan fingerprint density at radius 3 is 2.68 bits per heavy atom. The first-order chi connectivity index (χ1) is 9.16. The molecular weight excluding hydrogens is 256 g/mol. The molecule has 2 heterocycles. The first kappa shape index (κ1) is 14.5. The van der Waals surface area contributed by atoms with Crippen molar-refractivity contribution in [1.82, 2.24) is 10.2 Å². The third-order valence-electron chi connectivity index (χ3n) is 3.68. The first-order valence-electron chi connectivity index (χ1n) is 7.21. The predicted molar refractivity (Wildman–Crippen MR) is 80.5 cm³/mol. The van der Waals surface area contributed by atoms with E-state index in [2.05, 4.69) is 25.2 Å². The van der Waals surface area contributed by atoms with Crippen LogP contribution < -0.4 is 5.32 Å². The van der Waals surface area contributed by atoms with E-state index in [1.807, 2.05) is 16.2 Å². The molecule has 19 heavy (non-hydrogen) atoms. The Bertz CT molecular complexity index is 422. The Hall–Kier alpha value is -0.870. The summed E-state index contributed by atoms with van der Waals surface area (Å²) < 4.78 is 0. The van der Waals surface area contributed by atoms with Crippen molar-refractivity contribution in [2.24, 2.45) is 0 Å². The van der Waals surface area contributed by atoms with Crippen LogP contribution in [0.1, 0.15) is 41.0 Å². The van der Waals surface area contributed by atoms with E-state index in [9.17, 15) is 4.79 Å². The van der Waals surface area contributed by atoms with Crippen LogP contribution in [0.2, 0.25) is 0 Å². The maximum Gasteiger partial charge on any atom is 0.223 e. The lowest BCUT2D eigenvalue weighted by molar-refractivity contribution is -0.131. The molecule has 106 valence electrons. The summed E-state index contributed by atoms with van der Waals surface area (Å²) >= 11 is 1.84. The van der Waals surface area contributed by atoms with Gasteiger partial charge < -0.3 is 10.2 Å². The summed E-state index contributed by atoms with van der Waals surface area (Å²) in [6, 6.07) is 2.24. The van der Waals surface area contributed by atoms with Crippen molar-refractivity contribution >= 4 is 17.2 Å². The molecule has 1 aromatic heterocycles. The van der Waals surface area contributed by atoms with E-state index in [1.54, 1.807) is 0 Å². The highest BCUT2D eigenvalue weighted by Crippen LogP contribution is 2.20. The normalized spacial score (nSPS) is 15.8. The molecule has 1 aliphatic heterocycles. The van der Waals surface area contributed by atoms with Gasteiger partial charge in [-0.15, -0.1) is 11.3 Å². The molecule has 0 saturated carbocycles. The summed E-state index contributed by atoms with van der Waals surface area (Å²) in [5.74, 6) is 0.311. The summed E-state index contributed by atoms with van der Waals surface area (Å²) in [6.45, 7) is 7.88. The second-order valence-corrected chi connectivity index (χ2v) is 6.77. The van der Waals surface area contributed by atoms with Gasteiger partial charge >= 0.3 is 0 Å². The largest absolute Gasteiger partial charge is 0.343 e. The van der Waals surface area contributed by atoms with Crippen LogP contribution in [-0.4, -0.2) is 30.4 Å². The van der Waals surface area contributed by atoms with Crippen LogP contribution in [0.25, 0.3) is 0 Å². The molecule has 4 heteroatoms. The molecule has 1 fully saturated rings.